The lowest BCUT2D eigenvalue weighted by molar-refractivity contribution is 0.0955. The number of hydrogen-bond donors (Lipinski definition) is 2. The Morgan fingerprint density at radius 1 is 1.42 bits per heavy atom. The Bertz CT molecular complexity index is 539. The van der Waals surface area contributed by atoms with Crippen molar-refractivity contribution in [2.24, 2.45) is 5.73 Å². The Labute approximate surface area is 116 Å². The second kappa shape index (κ2) is 6.36. The van der Waals surface area contributed by atoms with E-state index in [9.17, 15) is 4.79 Å². The third-order valence-electron chi connectivity index (χ3n) is 2.75. The summed E-state index contributed by atoms with van der Waals surface area (Å²) in [5.41, 5.74) is 7.02. The number of amides is 1. The first-order valence-corrected chi connectivity index (χ1v) is 6.80. The first-order valence-electron chi connectivity index (χ1n) is 5.92. The predicted molar refractivity (Wildman–Crippen MR) is 76.6 cm³/mol. The second-order valence-corrected chi connectivity index (χ2v) is 4.99. The maximum absolute atomic E-state index is 11.9. The summed E-state index contributed by atoms with van der Waals surface area (Å²) in [4.78, 5) is 12.5. The van der Waals surface area contributed by atoms with Crippen molar-refractivity contribution in [1.82, 2.24) is 5.32 Å². The molecular formula is C14H16N2O2S. The number of thiophene rings is 1. The van der Waals surface area contributed by atoms with Crippen LogP contribution in [-0.4, -0.2) is 19.6 Å². The smallest absolute Gasteiger partial charge is 0.261 e. The highest BCUT2D eigenvalue weighted by molar-refractivity contribution is 7.12. The summed E-state index contributed by atoms with van der Waals surface area (Å²) in [6.07, 6.45) is 0. The summed E-state index contributed by atoms with van der Waals surface area (Å²) in [7, 11) is 1.58. The average Bonchev–Trinajstić information content (AvgIpc) is 2.94. The molecule has 1 atom stereocenters. The lowest BCUT2D eigenvalue weighted by atomic mass is 10.1. The van der Waals surface area contributed by atoms with Gasteiger partial charge in [0.1, 0.15) is 5.75 Å². The van der Waals surface area contributed by atoms with Crippen molar-refractivity contribution in [3.05, 3.63) is 52.2 Å². The number of nitrogens with one attached hydrogen (secondary N) is 1. The molecule has 0 radical (unpaired) electrons. The van der Waals surface area contributed by atoms with Crippen molar-refractivity contribution in [1.29, 1.82) is 0 Å². The van der Waals surface area contributed by atoms with Crippen molar-refractivity contribution < 1.29 is 9.53 Å². The van der Waals surface area contributed by atoms with Crippen LogP contribution in [0.5, 0.6) is 5.75 Å². The Hall–Kier alpha value is -1.85. The van der Waals surface area contributed by atoms with Gasteiger partial charge in [-0.05, 0) is 5.56 Å². The summed E-state index contributed by atoms with van der Waals surface area (Å²) in [6, 6.07) is 11.2. The quantitative estimate of drug-likeness (QED) is 0.880. The molecule has 0 aliphatic carbocycles. The zero-order valence-corrected chi connectivity index (χ0v) is 11.4. The molecule has 0 aliphatic heterocycles. The number of hydrogen-bond acceptors (Lipinski definition) is 4. The van der Waals surface area contributed by atoms with E-state index in [-0.39, 0.29) is 11.9 Å². The number of ether oxygens (including phenoxy) is 1. The Morgan fingerprint density at radius 2 is 2.16 bits per heavy atom. The maximum Gasteiger partial charge on any atom is 0.261 e. The summed E-state index contributed by atoms with van der Waals surface area (Å²) in [5, 5.41) is 4.62. The van der Waals surface area contributed by atoms with Gasteiger partial charge in [-0.3, -0.25) is 4.79 Å². The van der Waals surface area contributed by atoms with Crippen LogP contribution in [0.3, 0.4) is 0 Å². The molecule has 1 unspecified atom stereocenters. The lowest BCUT2D eigenvalue weighted by Gasteiger charge is -2.12. The van der Waals surface area contributed by atoms with Gasteiger partial charge in [0.2, 0.25) is 0 Å². The summed E-state index contributed by atoms with van der Waals surface area (Å²) >= 11 is 1.35. The molecule has 1 heterocycles. The summed E-state index contributed by atoms with van der Waals surface area (Å²) < 4.78 is 5.05. The van der Waals surface area contributed by atoms with Gasteiger partial charge in [0.05, 0.1) is 12.0 Å². The van der Waals surface area contributed by atoms with Crippen LogP contribution >= 0.6 is 11.3 Å². The minimum Gasteiger partial charge on any atom is -0.496 e. The predicted octanol–water partition coefficient (Wildman–Crippen LogP) is 2.19. The second-order valence-electron chi connectivity index (χ2n) is 4.08. The molecule has 3 N–H and O–H groups in total. The van der Waals surface area contributed by atoms with E-state index in [1.165, 1.54) is 11.3 Å². The lowest BCUT2D eigenvalue weighted by Crippen LogP contribution is -2.31. The maximum atomic E-state index is 11.9. The van der Waals surface area contributed by atoms with Crippen molar-refractivity contribution in [3.8, 4) is 5.75 Å². The normalized spacial score (nSPS) is 11.9. The molecule has 0 saturated carbocycles. The molecule has 4 nitrogen and oxygen atoms in total. The van der Waals surface area contributed by atoms with Crippen LogP contribution < -0.4 is 15.8 Å². The van der Waals surface area contributed by atoms with Crippen molar-refractivity contribution >= 4 is 17.2 Å². The topological polar surface area (TPSA) is 64.3 Å². The fourth-order valence-corrected chi connectivity index (χ4v) is 2.42. The van der Waals surface area contributed by atoms with Crippen LogP contribution in [0.15, 0.2) is 41.8 Å². The summed E-state index contributed by atoms with van der Waals surface area (Å²) in [5.74, 6) is 0.571. The first kappa shape index (κ1) is 13.6. The van der Waals surface area contributed by atoms with Crippen LogP contribution in [0.2, 0.25) is 0 Å². The average molecular weight is 276 g/mol. The molecule has 2 aromatic rings. The van der Waals surface area contributed by atoms with Gasteiger partial charge in [0.15, 0.2) is 0 Å². The third kappa shape index (κ3) is 3.56. The third-order valence-corrected chi connectivity index (χ3v) is 3.65. The van der Waals surface area contributed by atoms with E-state index in [0.29, 0.717) is 17.2 Å². The van der Waals surface area contributed by atoms with Gasteiger partial charge in [-0.2, -0.15) is 0 Å². The molecule has 0 saturated heterocycles. The zero-order chi connectivity index (χ0) is 13.7. The van der Waals surface area contributed by atoms with E-state index in [1.54, 1.807) is 18.6 Å². The highest BCUT2D eigenvalue weighted by Crippen LogP contribution is 2.20. The van der Waals surface area contributed by atoms with Gasteiger partial charge >= 0.3 is 0 Å². The van der Waals surface area contributed by atoms with Gasteiger partial charge in [-0.1, -0.05) is 30.3 Å². The molecular weight excluding hydrogens is 260 g/mol. The van der Waals surface area contributed by atoms with E-state index in [1.807, 2.05) is 30.3 Å². The summed E-state index contributed by atoms with van der Waals surface area (Å²) in [6.45, 7) is 0.406. The number of nitrogens with two attached hydrogens (primary N) is 1. The molecule has 1 amide bonds. The molecule has 0 bridgehead atoms. The SMILES string of the molecule is COc1csc(C(=O)NCC(N)c2ccccc2)c1. The minimum atomic E-state index is -0.202. The first-order chi connectivity index (χ1) is 9.20. The van der Waals surface area contributed by atoms with Crippen LogP contribution in [0.4, 0.5) is 0 Å². The standard InChI is InChI=1S/C14H16N2O2S/c1-18-11-7-13(19-9-11)14(17)16-8-12(15)10-5-3-2-4-6-10/h2-7,9,12H,8,15H2,1H3,(H,16,17). The van der Waals surface area contributed by atoms with Gasteiger partial charge in [-0.15, -0.1) is 11.3 Å². The van der Waals surface area contributed by atoms with Crippen LogP contribution in [0.25, 0.3) is 0 Å². The Morgan fingerprint density at radius 3 is 2.79 bits per heavy atom. The fourth-order valence-electron chi connectivity index (χ4n) is 1.65. The molecule has 5 heteroatoms. The van der Waals surface area contributed by atoms with Crippen LogP contribution in [0, 0.1) is 0 Å². The van der Waals surface area contributed by atoms with E-state index in [2.05, 4.69) is 5.32 Å². The highest BCUT2D eigenvalue weighted by atomic mass is 32.1. The molecule has 100 valence electrons. The van der Waals surface area contributed by atoms with Gasteiger partial charge in [0.25, 0.3) is 5.91 Å². The number of carbonyl (C=O) groups excluding carboxylic acids is 1. The molecule has 19 heavy (non-hydrogen) atoms. The van der Waals surface area contributed by atoms with Crippen molar-refractivity contribution in [2.75, 3.05) is 13.7 Å². The molecule has 0 aliphatic rings. The van der Waals surface area contributed by atoms with E-state index in [4.69, 9.17) is 10.5 Å². The Balaban J connectivity index is 1.90. The van der Waals surface area contributed by atoms with Crippen molar-refractivity contribution in [2.45, 2.75) is 6.04 Å². The minimum absolute atomic E-state index is 0.125. The number of methoxy groups -OCH3 is 1. The fraction of sp³-hybridized carbons (Fsp3) is 0.214. The largest absolute Gasteiger partial charge is 0.496 e. The molecule has 1 aromatic carbocycles. The van der Waals surface area contributed by atoms with E-state index < -0.39 is 0 Å². The van der Waals surface area contributed by atoms with Crippen molar-refractivity contribution in [3.63, 3.8) is 0 Å². The molecule has 0 fully saturated rings. The van der Waals surface area contributed by atoms with Crippen LogP contribution in [0.1, 0.15) is 21.3 Å². The van der Waals surface area contributed by atoms with E-state index >= 15 is 0 Å². The Kier molecular flexibility index (Phi) is 4.54. The van der Waals surface area contributed by atoms with E-state index in [0.717, 1.165) is 5.56 Å². The van der Waals surface area contributed by atoms with Crippen LogP contribution in [-0.2, 0) is 0 Å². The van der Waals surface area contributed by atoms with Gasteiger partial charge < -0.3 is 15.8 Å². The monoisotopic (exact) mass is 276 g/mol. The zero-order valence-electron chi connectivity index (χ0n) is 10.6. The number of benzene rings is 1. The van der Waals surface area contributed by atoms with Gasteiger partial charge in [-0.25, -0.2) is 0 Å². The number of carbonyl (C=O) groups is 1. The van der Waals surface area contributed by atoms with Gasteiger partial charge in [0, 0.05) is 24.0 Å². The number of rotatable bonds is 5. The molecule has 0 spiro atoms. The molecule has 1 aromatic heterocycles. The molecule has 2 rings (SSSR count). The highest BCUT2D eigenvalue weighted by Gasteiger charge is 2.11.